The predicted molar refractivity (Wildman–Crippen MR) is 37.4 cm³/mol. The Morgan fingerprint density at radius 3 is 1.60 bits per heavy atom. The second-order valence-electron chi connectivity index (χ2n) is 2.64. The van der Waals surface area contributed by atoms with E-state index >= 15 is 0 Å². The first-order chi connectivity index (χ1) is 6.49. The van der Waals surface area contributed by atoms with E-state index in [0.29, 0.717) is 0 Å². The Morgan fingerprint density at radius 1 is 1.07 bits per heavy atom. The van der Waals surface area contributed by atoms with Gasteiger partial charge in [-0.3, -0.25) is 4.57 Å². The highest BCUT2D eigenvalue weighted by Gasteiger charge is 2.40. The van der Waals surface area contributed by atoms with Crippen molar-refractivity contribution >= 4 is 8.25 Å². The van der Waals surface area contributed by atoms with Gasteiger partial charge in [-0.25, -0.2) is 0 Å². The van der Waals surface area contributed by atoms with E-state index in [4.69, 9.17) is 4.89 Å². The molecule has 10 heteroatoms. The molecule has 0 heterocycles. The maximum absolute atomic E-state index is 11.7. The number of alkyl halides is 6. The van der Waals surface area contributed by atoms with E-state index in [1.807, 2.05) is 0 Å². The smallest absolute Gasteiger partial charge is 0.326 e. The lowest BCUT2D eigenvalue weighted by Gasteiger charge is -2.18. The zero-order chi connectivity index (χ0) is 12.3. The Hall–Kier alpha value is -0.270. The van der Waals surface area contributed by atoms with Crippen LogP contribution < -0.4 is 0 Å². The van der Waals surface area contributed by atoms with Crippen molar-refractivity contribution in [3.63, 3.8) is 0 Å². The summed E-state index contributed by atoms with van der Waals surface area (Å²) in [5.41, 5.74) is 0. The summed E-state index contributed by atoms with van der Waals surface area (Å²) >= 11 is 0. The third-order valence-electron chi connectivity index (χ3n) is 1.19. The third-order valence-corrected chi connectivity index (χ3v) is 1.72. The Morgan fingerprint density at radius 2 is 1.40 bits per heavy atom. The molecule has 0 aliphatic rings. The molecule has 0 aromatic carbocycles. The highest BCUT2D eigenvalue weighted by Crippen LogP contribution is 2.34. The van der Waals surface area contributed by atoms with Crippen LogP contribution in [0.15, 0.2) is 0 Å². The van der Waals surface area contributed by atoms with Crippen molar-refractivity contribution in [1.29, 1.82) is 0 Å². The lowest BCUT2D eigenvalue weighted by molar-refractivity contribution is -0.181. The lowest BCUT2D eigenvalue weighted by Crippen LogP contribution is -2.26. The summed E-state index contributed by atoms with van der Waals surface area (Å²) in [5, 5.41) is 0. The molecule has 0 aromatic rings. The first kappa shape index (κ1) is 14.7. The van der Waals surface area contributed by atoms with E-state index in [1.54, 1.807) is 0 Å². The molecule has 0 amide bonds. The molecule has 0 fully saturated rings. The van der Waals surface area contributed by atoms with Crippen molar-refractivity contribution in [3.8, 4) is 0 Å². The molecule has 0 saturated carbocycles. The fraction of sp³-hybridized carbons (Fsp3) is 1.00. The van der Waals surface area contributed by atoms with Gasteiger partial charge in [0.1, 0.15) is 0 Å². The fourth-order valence-corrected chi connectivity index (χ4v) is 1.27. The monoisotopic (exact) mass is 260 g/mol. The maximum Gasteiger partial charge on any atom is 0.391 e. The van der Waals surface area contributed by atoms with Gasteiger partial charge in [0.25, 0.3) is 0 Å². The molecule has 3 nitrogen and oxygen atoms in total. The summed E-state index contributed by atoms with van der Waals surface area (Å²) < 4.78 is 83.9. The van der Waals surface area contributed by atoms with Gasteiger partial charge in [-0.2, -0.15) is 26.3 Å². The summed E-state index contributed by atoms with van der Waals surface area (Å²) in [6.07, 6.45) is -16.0. The van der Waals surface area contributed by atoms with Gasteiger partial charge in [-0.1, -0.05) is 0 Å². The van der Waals surface area contributed by atoms with Crippen LogP contribution in [-0.4, -0.2) is 23.3 Å². The molecule has 0 spiro atoms. The summed E-state index contributed by atoms with van der Waals surface area (Å²) in [5.74, 6) is 0. The van der Waals surface area contributed by atoms with Gasteiger partial charge in [0, 0.05) is 0 Å². The van der Waals surface area contributed by atoms with Crippen LogP contribution in [0.3, 0.4) is 0 Å². The second kappa shape index (κ2) is 5.18. The fourth-order valence-electron chi connectivity index (χ4n) is 0.814. The van der Waals surface area contributed by atoms with Crippen LogP contribution in [0.4, 0.5) is 26.3 Å². The minimum atomic E-state index is -4.88. The summed E-state index contributed by atoms with van der Waals surface area (Å²) in [6, 6.07) is 0. The third kappa shape index (κ3) is 10.0. The SMILES string of the molecule is O=[PH](O)OC(CC(F)(F)F)CC(F)(F)F. The average molecular weight is 260 g/mol. The molecular weight excluding hydrogens is 253 g/mol. The molecule has 92 valence electrons. The minimum Gasteiger partial charge on any atom is -0.326 e. The van der Waals surface area contributed by atoms with Crippen molar-refractivity contribution < 1.29 is 40.3 Å². The molecule has 0 rings (SSSR count). The van der Waals surface area contributed by atoms with Gasteiger partial charge in [0.15, 0.2) is 0 Å². The first-order valence-electron chi connectivity index (χ1n) is 3.53. The van der Waals surface area contributed by atoms with Crippen molar-refractivity contribution in [2.45, 2.75) is 31.3 Å². The zero-order valence-electron chi connectivity index (χ0n) is 7.02. The lowest BCUT2D eigenvalue weighted by atomic mass is 10.2. The van der Waals surface area contributed by atoms with Gasteiger partial charge in [-0.05, 0) is 0 Å². The Labute approximate surface area is 81.0 Å². The standard InChI is InChI=1S/C5H7F6O3P/c6-4(7,8)1-3(14-15(12)13)2-5(9,10)11/h3,15H,1-2H2,(H,12,13). The van der Waals surface area contributed by atoms with Crippen molar-refractivity contribution in [2.75, 3.05) is 0 Å². The summed E-state index contributed by atoms with van der Waals surface area (Å²) in [7, 11) is -3.83. The van der Waals surface area contributed by atoms with E-state index in [9.17, 15) is 30.9 Å². The van der Waals surface area contributed by atoms with E-state index < -0.39 is 39.6 Å². The van der Waals surface area contributed by atoms with Crippen LogP contribution in [0.25, 0.3) is 0 Å². The second-order valence-corrected chi connectivity index (χ2v) is 3.41. The largest absolute Gasteiger partial charge is 0.391 e. The van der Waals surface area contributed by atoms with Crippen LogP contribution in [0.2, 0.25) is 0 Å². The van der Waals surface area contributed by atoms with Crippen LogP contribution in [0.1, 0.15) is 12.8 Å². The molecule has 0 aliphatic carbocycles. The molecule has 1 N–H and O–H groups in total. The molecule has 0 radical (unpaired) electrons. The highest BCUT2D eigenvalue weighted by molar-refractivity contribution is 7.32. The van der Waals surface area contributed by atoms with Crippen molar-refractivity contribution in [1.82, 2.24) is 0 Å². The summed E-state index contributed by atoms with van der Waals surface area (Å²) in [6.45, 7) is 0. The molecule has 1 unspecified atom stereocenters. The molecule has 1 atom stereocenters. The van der Waals surface area contributed by atoms with Crippen LogP contribution in [-0.2, 0) is 9.09 Å². The highest BCUT2D eigenvalue weighted by atomic mass is 31.1. The van der Waals surface area contributed by atoms with E-state index in [-0.39, 0.29) is 0 Å². The number of rotatable bonds is 4. The average Bonchev–Trinajstić information content (AvgIpc) is 1.73. The topological polar surface area (TPSA) is 46.5 Å². The Kier molecular flexibility index (Phi) is 5.08. The van der Waals surface area contributed by atoms with Crippen LogP contribution >= 0.6 is 8.25 Å². The maximum atomic E-state index is 11.7. The van der Waals surface area contributed by atoms with Gasteiger partial charge >= 0.3 is 20.6 Å². The van der Waals surface area contributed by atoms with Crippen molar-refractivity contribution in [2.24, 2.45) is 0 Å². The van der Waals surface area contributed by atoms with Crippen molar-refractivity contribution in [3.05, 3.63) is 0 Å². The van der Waals surface area contributed by atoms with Gasteiger partial charge in [0.05, 0.1) is 18.9 Å². The van der Waals surface area contributed by atoms with E-state index in [0.717, 1.165) is 0 Å². The first-order valence-corrected chi connectivity index (χ1v) is 4.79. The normalized spacial score (nSPS) is 15.7. The molecule has 0 saturated heterocycles. The van der Waals surface area contributed by atoms with Gasteiger partial charge in [-0.15, -0.1) is 0 Å². The molecule has 0 bridgehead atoms. The Bertz CT molecular complexity index is 208. The van der Waals surface area contributed by atoms with Gasteiger partial charge in [0.2, 0.25) is 0 Å². The van der Waals surface area contributed by atoms with Crippen LogP contribution in [0, 0.1) is 0 Å². The van der Waals surface area contributed by atoms with Gasteiger partial charge < -0.3 is 9.42 Å². The molecule has 0 aromatic heterocycles. The Balaban J connectivity index is 4.39. The number of hydrogen-bond acceptors (Lipinski definition) is 2. The summed E-state index contributed by atoms with van der Waals surface area (Å²) in [4.78, 5) is 8.11. The van der Waals surface area contributed by atoms with E-state index in [1.165, 1.54) is 0 Å². The van der Waals surface area contributed by atoms with E-state index in [2.05, 4.69) is 4.52 Å². The number of hydrogen-bond donors (Lipinski definition) is 1. The zero-order valence-corrected chi connectivity index (χ0v) is 8.02. The molecule has 15 heavy (non-hydrogen) atoms. The quantitative estimate of drug-likeness (QED) is 0.624. The minimum absolute atomic E-state index is 1.91. The molecular formula is C5H7F6O3P. The predicted octanol–water partition coefficient (Wildman–Crippen LogP) is 2.66. The number of halogens is 6. The van der Waals surface area contributed by atoms with Crippen LogP contribution in [0.5, 0.6) is 0 Å². The molecule has 0 aliphatic heterocycles.